The Morgan fingerprint density at radius 2 is 2.18 bits per heavy atom. The summed E-state index contributed by atoms with van der Waals surface area (Å²) in [5.41, 5.74) is 0. The quantitative estimate of drug-likeness (QED) is 0.587. The standard InChI is InChI=1S/C15H23NO5S/c1-22-9-11(4-5-17)16-7-12(18)8-19-13-2-3-14-15(6-13)21-10-20-14/h2-3,6,11-12,16-18H,4-5,7-10H2,1H3. The predicted octanol–water partition coefficient (Wildman–Crippen LogP) is 0.859. The average molecular weight is 329 g/mol. The topological polar surface area (TPSA) is 80.2 Å². The van der Waals surface area contributed by atoms with E-state index in [1.165, 1.54) is 0 Å². The van der Waals surface area contributed by atoms with Crippen LogP contribution in [0.5, 0.6) is 17.2 Å². The Kier molecular flexibility index (Phi) is 7.11. The summed E-state index contributed by atoms with van der Waals surface area (Å²) in [4.78, 5) is 0. The molecule has 0 radical (unpaired) electrons. The van der Waals surface area contributed by atoms with Crippen molar-refractivity contribution in [3.63, 3.8) is 0 Å². The largest absolute Gasteiger partial charge is 0.491 e. The molecule has 1 aromatic carbocycles. The van der Waals surface area contributed by atoms with Gasteiger partial charge in [0.1, 0.15) is 18.5 Å². The lowest BCUT2D eigenvalue weighted by molar-refractivity contribution is 0.103. The van der Waals surface area contributed by atoms with Gasteiger partial charge in [0.15, 0.2) is 11.5 Å². The average Bonchev–Trinajstić information content (AvgIpc) is 2.98. The third-order valence-corrected chi connectivity index (χ3v) is 4.01. The molecule has 22 heavy (non-hydrogen) atoms. The normalized spacial score (nSPS) is 15.6. The van der Waals surface area contributed by atoms with Crippen LogP contribution in [0, 0.1) is 0 Å². The number of benzene rings is 1. The van der Waals surface area contributed by atoms with Crippen LogP contribution in [0.25, 0.3) is 0 Å². The fraction of sp³-hybridized carbons (Fsp3) is 0.600. The van der Waals surface area contributed by atoms with Crippen molar-refractivity contribution < 1.29 is 24.4 Å². The number of fused-ring (bicyclic) bond motifs is 1. The summed E-state index contributed by atoms with van der Waals surface area (Å²) in [6, 6.07) is 5.53. The predicted molar refractivity (Wildman–Crippen MR) is 85.9 cm³/mol. The molecule has 0 bridgehead atoms. The van der Waals surface area contributed by atoms with Gasteiger partial charge in [-0.25, -0.2) is 0 Å². The van der Waals surface area contributed by atoms with Crippen LogP contribution >= 0.6 is 11.8 Å². The first kappa shape index (κ1) is 17.2. The van der Waals surface area contributed by atoms with E-state index in [-0.39, 0.29) is 26.0 Å². The molecule has 3 N–H and O–H groups in total. The first-order valence-electron chi connectivity index (χ1n) is 7.26. The minimum Gasteiger partial charge on any atom is -0.491 e. The third-order valence-electron chi connectivity index (χ3n) is 3.27. The molecule has 1 heterocycles. The summed E-state index contributed by atoms with van der Waals surface area (Å²) < 4.78 is 16.1. The molecule has 0 aliphatic carbocycles. The van der Waals surface area contributed by atoms with Gasteiger partial charge < -0.3 is 29.7 Å². The molecule has 0 aromatic heterocycles. The minimum atomic E-state index is -0.617. The van der Waals surface area contributed by atoms with Crippen molar-refractivity contribution in [3.05, 3.63) is 18.2 Å². The van der Waals surface area contributed by atoms with Gasteiger partial charge in [-0.15, -0.1) is 0 Å². The van der Waals surface area contributed by atoms with E-state index < -0.39 is 6.10 Å². The van der Waals surface area contributed by atoms with Gasteiger partial charge in [0.2, 0.25) is 6.79 Å². The highest BCUT2D eigenvalue weighted by Crippen LogP contribution is 2.35. The maximum atomic E-state index is 9.98. The smallest absolute Gasteiger partial charge is 0.231 e. The number of ether oxygens (including phenoxy) is 3. The highest BCUT2D eigenvalue weighted by molar-refractivity contribution is 7.98. The van der Waals surface area contributed by atoms with E-state index in [1.807, 2.05) is 6.26 Å². The lowest BCUT2D eigenvalue weighted by Gasteiger charge is -2.19. The van der Waals surface area contributed by atoms with E-state index in [4.69, 9.17) is 19.3 Å². The fourth-order valence-corrected chi connectivity index (χ4v) is 2.81. The molecule has 0 saturated carbocycles. The molecule has 2 atom stereocenters. The van der Waals surface area contributed by atoms with Crippen LogP contribution in [0.2, 0.25) is 0 Å². The van der Waals surface area contributed by atoms with Crippen molar-refractivity contribution >= 4 is 11.8 Å². The fourth-order valence-electron chi connectivity index (χ4n) is 2.12. The maximum Gasteiger partial charge on any atom is 0.231 e. The molecule has 1 aliphatic heterocycles. The van der Waals surface area contributed by atoms with E-state index in [1.54, 1.807) is 30.0 Å². The molecule has 1 aromatic rings. The molecule has 0 spiro atoms. The SMILES string of the molecule is CSCC(CCO)NCC(O)COc1ccc2c(c1)OCO2. The number of thioether (sulfide) groups is 1. The van der Waals surface area contributed by atoms with Gasteiger partial charge >= 0.3 is 0 Å². The highest BCUT2D eigenvalue weighted by Gasteiger charge is 2.15. The van der Waals surface area contributed by atoms with E-state index in [0.717, 1.165) is 5.75 Å². The molecule has 0 saturated heterocycles. The van der Waals surface area contributed by atoms with Crippen LogP contribution in [0.4, 0.5) is 0 Å². The summed E-state index contributed by atoms with van der Waals surface area (Å²) in [5.74, 6) is 2.90. The van der Waals surface area contributed by atoms with Crippen molar-refractivity contribution in [3.8, 4) is 17.2 Å². The lowest BCUT2D eigenvalue weighted by atomic mass is 10.2. The second kappa shape index (κ2) is 9.09. The van der Waals surface area contributed by atoms with Crippen LogP contribution < -0.4 is 19.5 Å². The van der Waals surface area contributed by atoms with Gasteiger partial charge in [0.05, 0.1) is 0 Å². The molecular weight excluding hydrogens is 306 g/mol. The van der Waals surface area contributed by atoms with E-state index in [2.05, 4.69) is 5.32 Å². The van der Waals surface area contributed by atoms with Crippen LogP contribution in [-0.2, 0) is 0 Å². The molecule has 1 aliphatic rings. The van der Waals surface area contributed by atoms with E-state index in [9.17, 15) is 5.11 Å². The van der Waals surface area contributed by atoms with Crippen molar-refractivity contribution in [2.24, 2.45) is 0 Å². The monoisotopic (exact) mass is 329 g/mol. The molecule has 2 rings (SSSR count). The van der Waals surface area contributed by atoms with Gasteiger partial charge in [-0.1, -0.05) is 0 Å². The Labute approximate surface area is 134 Å². The number of nitrogens with one attached hydrogen (secondary N) is 1. The first-order valence-corrected chi connectivity index (χ1v) is 8.66. The summed E-state index contributed by atoms with van der Waals surface area (Å²) in [6.45, 7) is 0.989. The summed E-state index contributed by atoms with van der Waals surface area (Å²) in [7, 11) is 0. The lowest BCUT2D eigenvalue weighted by Crippen LogP contribution is -2.39. The second-order valence-electron chi connectivity index (χ2n) is 5.05. The van der Waals surface area contributed by atoms with Crippen molar-refractivity contribution in [2.45, 2.75) is 18.6 Å². The van der Waals surface area contributed by atoms with Gasteiger partial charge in [0.25, 0.3) is 0 Å². The molecule has 0 amide bonds. The maximum absolute atomic E-state index is 9.98. The minimum absolute atomic E-state index is 0.141. The van der Waals surface area contributed by atoms with Gasteiger partial charge in [-0.05, 0) is 24.8 Å². The summed E-state index contributed by atoms with van der Waals surface area (Å²) in [5, 5.41) is 22.2. The molecule has 7 heteroatoms. The van der Waals surface area contributed by atoms with Crippen LogP contribution in [-0.4, -0.2) is 60.9 Å². The molecule has 0 fully saturated rings. The van der Waals surface area contributed by atoms with Gasteiger partial charge in [-0.2, -0.15) is 11.8 Å². The molecule has 2 unspecified atom stereocenters. The number of hydrogen-bond donors (Lipinski definition) is 3. The zero-order chi connectivity index (χ0) is 15.8. The van der Waals surface area contributed by atoms with Gasteiger partial charge in [-0.3, -0.25) is 0 Å². The summed E-state index contributed by atoms with van der Waals surface area (Å²) >= 11 is 1.71. The van der Waals surface area contributed by atoms with Crippen molar-refractivity contribution in [1.29, 1.82) is 0 Å². The van der Waals surface area contributed by atoms with Crippen molar-refractivity contribution in [2.75, 3.05) is 38.6 Å². The Hall–Kier alpha value is -1.15. The zero-order valence-electron chi connectivity index (χ0n) is 12.7. The Morgan fingerprint density at radius 3 is 2.95 bits per heavy atom. The van der Waals surface area contributed by atoms with E-state index in [0.29, 0.717) is 30.2 Å². The summed E-state index contributed by atoms with van der Waals surface area (Å²) in [6.07, 6.45) is 2.08. The van der Waals surface area contributed by atoms with Gasteiger partial charge in [0, 0.05) is 31.0 Å². The number of aliphatic hydroxyl groups excluding tert-OH is 2. The molecule has 6 nitrogen and oxygen atoms in total. The van der Waals surface area contributed by atoms with Crippen LogP contribution in [0.15, 0.2) is 18.2 Å². The third kappa shape index (κ3) is 5.24. The number of rotatable bonds is 10. The Morgan fingerprint density at radius 1 is 1.36 bits per heavy atom. The highest BCUT2D eigenvalue weighted by atomic mass is 32.2. The zero-order valence-corrected chi connectivity index (χ0v) is 13.5. The van der Waals surface area contributed by atoms with Crippen LogP contribution in [0.3, 0.4) is 0 Å². The van der Waals surface area contributed by atoms with Crippen LogP contribution in [0.1, 0.15) is 6.42 Å². The second-order valence-corrected chi connectivity index (χ2v) is 5.96. The van der Waals surface area contributed by atoms with Crippen molar-refractivity contribution in [1.82, 2.24) is 5.32 Å². The molecular formula is C15H23NO5S. The number of hydrogen-bond acceptors (Lipinski definition) is 7. The Bertz CT molecular complexity index is 454. The first-order chi connectivity index (χ1) is 10.7. The van der Waals surface area contributed by atoms with E-state index >= 15 is 0 Å². The molecule has 124 valence electrons. The Balaban J connectivity index is 1.71. The number of aliphatic hydroxyl groups is 2.